The number of ether oxygens (including phenoxy) is 1. The Hall–Kier alpha value is -4.70. The summed E-state index contributed by atoms with van der Waals surface area (Å²) < 4.78 is 7.63. The van der Waals surface area contributed by atoms with E-state index in [0.717, 1.165) is 28.1 Å². The van der Waals surface area contributed by atoms with Gasteiger partial charge in [-0.05, 0) is 74.4 Å². The van der Waals surface area contributed by atoms with Crippen molar-refractivity contribution in [3.63, 3.8) is 0 Å². The van der Waals surface area contributed by atoms with Crippen molar-refractivity contribution in [1.82, 2.24) is 20.1 Å². The summed E-state index contributed by atoms with van der Waals surface area (Å²) in [5, 5.41) is 17.4. The zero-order valence-corrected chi connectivity index (χ0v) is 20.5. The minimum Gasteiger partial charge on any atom is -0.491 e. The largest absolute Gasteiger partial charge is 0.491 e. The summed E-state index contributed by atoms with van der Waals surface area (Å²) in [6.07, 6.45) is 6.81. The molecule has 0 atom stereocenters. The van der Waals surface area contributed by atoms with Crippen LogP contribution >= 0.6 is 0 Å². The smallest absolute Gasteiger partial charge is 0.262 e. The van der Waals surface area contributed by atoms with Crippen molar-refractivity contribution >= 4 is 12.0 Å². The van der Waals surface area contributed by atoms with Crippen LogP contribution in [0.25, 0.3) is 23.0 Å². The summed E-state index contributed by atoms with van der Waals surface area (Å²) in [6.45, 7) is 6.23. The zero-order valence-electron chi connectivity index (χ0n) is 20.5. The molecule has 0 radical (unpaired) electrons. The van der Waals surface area contributed by atoms with Crippen LogP contribution in [-0.2, 0) is 11.3 Å². The predicted octanol–water partition coefficient (Wildman–Crippen LogP) is 5.25. The van der Waals surface area contributed by atoms with Crippen molar-refractivity contribution in [1.29, 1.82) is 5.26 Å². The average Bonchev–Trinajstić information content (AvgIpc) is 3.32. The highest BCUT2D eigenvalue weighted by Gasteiger charge is 2.16. The molecule has 0 saturated carbocycles. The van der Waals surface area contributed by atoms with E-state index in [1.165, 1.54) is 0 Å². The van der Waals surface area contributed by atoms with Gasteiger partial charge in [0, 0.05) is 36.3 Å². The molecule has 2 aromatic carbocycles. The second-order valence-corrected chi connectivity index (χ2v) is 8.57. The standard InChI is InChI=1S/C29H27N5O2/c1-20(2)36-27-12-11-23(14-21(27)3)28-25(19-34(33-28)26-9-5-4-6-10-26)15-24(16-30)29(35)32-18-22-8-7-13-31-17-22/h4-15,17,19-20H,18H2,1-3H3,(H,32,35)/b24-15-. The Bertz CT molecular complexity index is 1420. The third-order valence-electron chi connectivity index (χ3n) is 5.42. The van der Waals surface area contributed by atoms with Crippen molar-refractivity contribution in [2.24, 2.45) is 0 Å². The Morgan fingerprint density at radius 2 is 1.97 bits per heavy atom. The quantitative estimate of drug-likeness (QED) is 0.276. The van der Waals surface area contributed by atoms with Crippen LogP contribution in [0.1, 0.15) is 30.5 Å². The Balaban J connectivity index is 1.71. The van der Waals surface area contributed by atoms with Crippen molar-refractivity contribution in [3.05, 3.63) is 102 Å². The normalized spacial score (nSPS) is 11.2. The van der Waals surface area contributed by atoms with Gasteiger partial charge in [0.05, 0.1) is 11.8 Å². The molecule has 0 spiro atoms. The van der Waals surface area contributed by atoms with Crippen molar-refractivity contribution in [2.45, 2.75) is 33.4 Å². The van der Waals surface area contributed by atoms with E-state index in [-0.39, 0.29) is 18.2 Å². The van der Waals surface area contributed by atoms with Gasteiger partial charge < -0.3 is 10.1 Å². The van der Waals surface area contributed by atoms with Gasteiger partial charge in [-0.3, -0.25) is 9.78 Å². The van der Waals surface area contributed by atoms with Crippen molar-refractivity contribution in [2.75, 3.05) is 0 Å². The van der Waals surface area contributed by atoms with Gasteiger partial charge in [-0.1, -0.05) is 24.3 Å². The molecule has 7 nitrogen and oxygen atoms in total. The third-order valence-corrected chi connectivity index (χ3v) is 5.42. The van der Waals surface area contributed by atoms with E-state index in [4.69, 9.17) is 9.84 Å². The highest BCUT2D eigenvalue weighted by Crippen LogP contribution is 2.30. The van der Waals surface area contributed by atoms with Crippen molar-refractivity contribution < 1.29 is 9.53 Å². The number of benzene rings is 2. The topological polar surface area (TPSA) is 92.8 Å². The number of amides is 1. The van der Waals surface area contributed by atoms with Crippen LogP contribution in [0, 0.1) is 18.3 Å². The fourth-order valence-electron chi connectivity index (χ4n) is 3.70. The molecule has 4 aromatic rings. The number of hydrogen-bond donors (Lipinski definition) is 1. The summed E-state index contributed by atoms with van der Waals surface area (Å²) in [6, 6.07) is 21.2. The van der Waals surface area contributed by atoms with E-state index in [0.29, 0.717) is 11.3 Å². The highest BCUT2D eigenvalue weighted by molar-refractivity contribution is 6.02. The Morgan fingerprint density at radius 1 is 1.17 bits per heavy atom. The number of para-hydroxylation sites is 1. The maximum absolute atomic E-state index is 12.8. The van der Waals surface area contributed by atoms with Gasteiger partial charge in [0.15, 0.2) is 0 Å². The monoisotopic (exact) mass is 477 g/mol. The van der Waals surface area contributed by atoms with Crippen LogP contribution in [-0.4, -0.2) is 26.8 Å². The molecule has 0 aliphatic heterocycles. The number of aromatic nitrogens is 3. The summed E-state index contributed by atoms with van der Waals surface area (Å²) in [5.74, 6) is 0.345. The number of carbonyl (C=O) groups is 1. The number of hydrogen-bond acceptors (Lipinski definition) is 5. The lowest BCUT2D eigenvalue weighted by atomic mass is 10.0. The summed E-state index contributed by atoms with van der Waals surface area (Å²) in [5.41, 5.74) is 4.85. The van der Waals surface area contributed by atoms with Crippen LogP contribution in [0.3, 0.4) is 0 Å². The molecule has 2 heterocycles. The van der Waals surface area contributed by atoms with Crippen LogP contribution in [0.15, 0.2) is 84.8 Å². The SMILES string of the molecule is Cc1cc(-c2nn(-c3ccccc3)cc2/C=C(/C#N)C(=O)NCc2cccnc2)ccc1OC(C)C. The summed E-state index contributed by atoms with van der Waals surface area (Å²) in [4.78, 5) is 16.9. The van der Waals surface area contributed by atoms with Crippen LogP contribution in [0.5, 0.6) is 5.75 Å². The Labute approximate surface area is 210 Å². The minimum absolute atomic E-state index is 0.00997. The lowest BCUT2D eigenvalue weighted by Crippen LogP contribution is -2.24. The summed E-state index contributed by atoms with van der Waals surface area (Å²) >= 11 is 0. The fraction of sp³-hybridized carbons (Fsp3) is 0.172. The van der Waals surface area contributed by atoms with Crippen LogP contribution in [0.2, 0.25) is 0 Å². The molecule has 4 rings (SSSR count). The molecule has 1 N–H and O–H groups in total. The number of rotatable bonds is 8. The molecular formula is C29H27N5O2. The summed E-state index contributed by atoms with van der Waals surface area (Å²) in [7, 11) is 0. The van der Waals surface area contributed by atoms with E-state index < -0.39 is 5.91 Å². The van der Waals surface area contributed by atoms with E-state index in [1.54, 1.807) is 29.2 Å². The number of pyridine rings is 1. The van der Waals surface area contributed by atoms with Gasteiger partial charge in [-0.15, -0.1) is 0 Å². The van der Waals surface area contributed by atoms with Gasteiger partial charge in [-0.2, -0.15) is 10.4 Å². The molecule has 180 valence electrons. The maximum Gasteiger partial charge on any atom is 0.262 e. The first-order chi connectivity index (χ1) is 17.4. The molecule has 0 aliphatic carbocycles. The van der Waals surface area contributed by atoms with Gasteiger partial charge >= 0.3 is 0 Å². The van der Waals surface area contributed by atoms with Crippen LogP contribution < -0.4 is 10.1 Å². The molecule has 0 bridgehead atoms. The fourth-order valence-corrected chi connectivity index (χ4v) is 3.70. The highest BCUT2D eigenvalue weighted by atomic mass is 16.5. The third kappa shape index (κ3) is 5.86. The van der Waals surface area contributed by atoms with E-state index in [2.05, 4.69) is 10.3 Å². The minimum atomic E-state index is -0.461. The van der Waals surface area contributed by atoms with Gasteiger partial charge in [-0.25, -0.2) is 4.68 Å². The second-order valence-electron chi connectivity index (χ2n) is 8.57. The van der Waals surface area contributed by atoms with E-state index >= 15 is 0 Å². The average molecular weight is 478 g/mol. The Morgan fingerprint density at radius 3 is 2.64 bits per heavy atom. The molecule has 1 amide bonds. The number of nitriles is 1. The number of aryl methyl sites for hydroxylation is 1. The first kappa shape index (κ1) is 24.4. The molecule has 36 heavy (non-hydrogen) atoms. The predicted molar refractivity (Wildman–Crippen MR) is 139 cm³/mol. The molecular weight excluding hydrogens is 450 g/mol. The molecule has 0 saturated heterocycles. The van der Waals surface area contributed by atoms with Crippen LogP contribution in [0.4, 0.5) is 0 Å². The van der Waals surface area contributed by atoms with Gasteiger partial charge in [0.2, 0.25) is 0 Å². The second kappa shape index (κ2) is 11.2. The molecule has 0 fully saturated rings. The molecule has 0 aliphatic rings. The van der Waals surface area contributed by atoms with E-state index in [9.17, 15) is 10.1 Å². The van der Waals surface area contributed by atoms with E-state index in [1.807, 2.05) is 87.6 Å². The van der Waals surface area contributed by atoms with Gasteiger partial charge in [0.25, 0.3) is 5.91 Å². The first-order valence-corrected chi connectivity index (χ1v) is 11.7. The zero-order chi connectivity index (χ0) is 25.5. The first-order valence-electron chi connectivity index (χ1n) is 11.7. The maximum atomic E-state index is 12.8. The number of carbonyl (C=O) groups excluding carboxylic acids is 1. The van der Waals surface area contributed by atoms with Crippen molar-refractivity contribution in [3.8, 4) is 28.8 Å². The van der Waals surface area contributed by atoms with Gasteiger partial charge in [0.1, 0.15) is 23.1 Å². The molecule has 2 aromatic heterocycles. The molecule has 0 unspecified atom stereocenters. The lowest BCUT2D eigenvalue weighted by Gasteiger charge is -2.13. The number of nitrogens with zero attached hydrogens (tertiary/aromatic N) is 4. The lowest BCUT2D eigenvalue weighted by molar-refractivity contribution is -0.117. The Kier molecular flexibility index (Phi) is 7.57. The molecule has 7 heteroatoms. The number of nitrogens with one attached hydrogen (secondary N) is 1.